The van der Waals surface area contributed by atoms with Gasteiger partial charge in [0, 0.05) is 0 Å². The third kappa shape index (κ3) is 2.62. The fraction of sp³-hybridized carbons (Fsp3) is 0.273. The van der Waals surface area contributed by atoms with Gasteiger partial charge in [0.1, 0.15) is 11.1 Å². The van der Waals surface area contributed by atoms with Crippen molar-refractivity contribution in [3.8, 4) is 0 Å². The molecule has 19 heavy (non-hydrogen) atoms. The van der Waals surface area contributed by atoms with Crippen molar-refractivity contribution in [3.05, 3.63) is 40.8 Å². The molecule has 5 nitrogen and oxygen atoms in total. The Morgan fingerprint density at radius 2 is 2.11 bits per heavy atom. The zero-order valence-electron chi connectivity index (χ0n) is 10.1. The fourth-order valence-corrected chi connectivity index (χ4v) is 3.02. The lowest BCUT2D eigenvalue weighted by Crippen LogP contribution is -2.11. The Morgan fingerprint density at radius 3 is 2.63 bits per heavy atom. The number of benzene rings is 1. The normalized spacial score (nSPS) is 13.5. The molecule has 0 aliphatic rings. The molecule has 1 unspecified atom stereocenters. The van der Waals surface area contributed by atoms with Crippen LogP contribution in [0.25, 0.3) is 0 Å². The molecule has 102 valence electrons. The molecule has 0 aliphatic heterocycles. The van der Waals surface area contributed by atoms with Crippen LogP contribution in [0.3, 0.4) is 0 Å². The number of rotatable bonds is 3. The second kappa shape index (κ2) is 4.90. The Kier molecular flexibility index (Phi) is 3.60. The van der Waals surface area contributed by atoms with E-state index in [9.17, 15) is 12.8 Å². The lowest BCUT2D eigenvalue weighted by atomic mass is 10.3. The first kappa shape index (κ1) is 14.0. The standard InChI is InChI=1S/C11H10ClFN2O3S/c1-6(11-14-7(2)15-18-11)19(16,17)8-3-4-10(13)9(12)5-8/h3-6H,1-2H3. The quantitative estimate of drug-likeness (QED) is 0.815. The van der Waals surface area contributed by atoms with E-state index in [1.54, 1.807) is 6.92 Å². The first-order chi connectivity index (χ1) is 8.82. The van der Waals surface area contributed by atoms with Crippen molar-refractivity contribution in [2.24, 2.45) is 0 Å². The summed E-state index contributed by atoms with van der Waals surface area (Å²) in [6.07, 6.45) is 0. The molecule has 0 saturated heterocycles. The molecule has 0 amide bonds. The van der Waals surface area contributed by atoms with Crippen LogP contribution in [0.1, 0.15) is 23.9 Å². The van der Waals surface area contributed by atoms with Crippen LogP contribution in [0.5, 0.6) is 0 Å². The lowest BCUT2D eigenvalue weighted by Gasteiger charge is -2.09. The minimum absolute atomic E-state index is 0.0158. The van der Waals surface area contributed by atoms with E-state index in [4.69, 9.17) is 16.1 Å². The van der Waals surface area contributed by atoms with Gasteiger partial charge in [0.25, 0.3) is 0 Å². The first-order valence-electron chi connectivity index (χ1n) is 5.31. The molecule has 0 fully saturated rings. The van der Waals surface area contributed by atoms with Crippen LogP contribution in [0, 0.1) is 12.7 Å². The number of halogens is 2. The fourth-order valence-electron chi connectivity index (χ4n) is 1.47. The topological polar surface area (TPSA) is 73.1 Å². The smallest absolute Gasteiger partial charge is 0.245 e. The molecule has 0 radical (unpaired) electrons. The molecular weight excluding hydrogens is 295 g/mol. The number of sulfone groups is 1. The van der Waals surface area contributed by atoms with Crippen LogP contribution in [-0.2, 0) is 9.84 Å². The Hall–Kier alpha value is -1.47. The minimum atomic E-state index is -3.77. The van der Waals surface area contributed by atoms with Crippen LogP contribution >= 0.6 is 11.6 Å². The van der Waals surface area contributed by atoms with Crippen molar-refractivity contribution in [1.82, 2.24) is 10.1 Å². The van der Waals surface area contributed by atoms with Gasteiger partial charge in [0.05, 0.1) is 9.92 Å². The molecule has 2 aromatic rings. The van der Waals surface area contributed by atoms with E-state index in [2.05, 4.69) is 10.1 Å². The summed E-state index contributed by atoms with van der Waals surface area (Å²) >= 11 is 5.58. The molecule has 1 atom stereocenters. The summed E-state index contributed by atoms with van der Waals surface area (Å²) < 4.78 is 42.5. The molecule has 1 aromatic heterocycles. The van der Waals surface area contributed by atoms with E-state index in [0.29, 0.717) is 5.82 Å². The summed E-state index contributed by atoms with van der Waals surface area (Å²) in [6.45, 7) is 3.00. The summed E-state index contributed by atoms with van der Waals surface area (Å²) in [4.78, 5) is 3.78. The zero-order valence-corrected chi connectivity index (χ0v) is 11.7. The van der Waals surface area contributed by atoms with Crippen molar-refractivity contribution in [1.29, 1.82) is 0 Å². The molecule has 0 N–H and O–H groups in total. The summed E-state index contributed by atoms with van der Waals surface area (Å²) in [5.41, 5.74) is 0. The third-order valence-electron chi connectivity index (χ3n) is 2.58. The molecule has 8 heteroatoms. The number of hydrogen-bond donors (Lipinski definition) is 0. The highest BCUT2D eigenvalue weighted by Gasteiger charge is 2.30. The first-order valence-corrected chi connectivity index (χ1v) is 7.24. The highest BCUT2D eigenvalue weighted by molar-refractivity contribution is 7.91. The van der Waals surface area contributed by atoms with Crippen molar-refractivity contribution in [2.45, 2.75) is 24.0 Å². The van der Waals surface area contributed by atoms with Gasteiger partial charge < -0.3 is 4.52 Å². The number of aromatic nitrogens is 2. The highest BCUT2D eigenvalue weighted by Crippen LogP contribution is 2.29. The third-order valence-corrected chi connectivity index (χ3v) is 4.91. The summed E-state index contributed by atoms with van der Waals surface area (Å²) in [7, 11) is -3.77. The van der Waals surface area contributed by atoms with E-state index < -0.39 is 20.9 Å². The summed E-state index contributed by atoms with van der Waals surface area (Å²) in [6, 6.07) is 3.21. The van der Waals surface area contributed by atoms with Crippen LogP contribution in [0.15, 0.2) is 27.6 Å². The maximum absolute atomic E-state index is 13.0. The van der Waals surface area contributed by atoms with Crippen LogP contribution < -0.4 is 0 Å². The average Bonchev–Trinajstić information content (AvgIpc) is 2.78. The summed E-state index contributed by atoms with van der Waals surface area (Å²) in [5, 5.41) is 2.25. The Bertz CT molecular complexity index is 714. The number of hydrogen-bond acceptors (Lipinski definition) is 5. The molecule has 0 spiro atoms. The second-order valence-electron chi connectivity index (χ2n) is 3.94. The van der Waals surface area contributed by atoms with Gasteiger partial charge in [0.2, 0.25) is 5.89 Å². The molecule has 0 aliphatic carbocycles. The van der Waals surface area contributed by atoms with Crippen molar-refractivity contribution >= 4 is 21.4 Å². The van der Waals surface area contributed by atoms with E-state index in [1.807, 2.05) is 0 Å². The molecular formula is C11H10ClFN2O3S. The van der Waals surface area contributed by atoms with Gasteiger partial charge in [-0.1, -0.05) is 16.8 Å². The van der Waals surface area contributed by atoms with Gasteiger partial charge in [-0.25, -0.2) is 12.8 Å². The molecule has 1 heterocycles. The number of aryl methyl sites for hydroxylation is 1. The largest absolute Gasteiger partial charge is 0.338 e. The Labute approximate surface area is 114 Å². The van der Waals surface area contributed by atoms with Gasteiger partial charge in [-0.15, -0.1) is 0 Å². The highest BCUT2D eigenvalue weighted by atomic mass is 35.5. The van der Waals surface area contributed by atoms with Gasteiger partial charge in [-0.2, -0.15) is 4.98 Å². The SMILES string of the molecule is Cc1noc(C(C)S(=O)(=O)c2ccc(F)c(Cl)c2)n1. The van der Waals surface area contributed by atoms with Crippen molar-refractivity contribution in [2.75, 3.05) is 0 Å². The number of nitrogens with zero attached hydrogens (tertiary/aromatic N) is 2. The van der Waals surface area contributed by atoms with E-state index in [1.165, 1.54) is 6.92 Å². The Balaban J connectivity index is 2.44. The Morgan fingerprint density at radius 1 is 1.42 bits per heavy atom. The lowest BCUT2D eigenvalue weighted by molar-refractivity contribution is 0.373. The maximum Gasteiger partial charge on any atom is 0.245 e. The molecule has 0 saturated carbocycles. The predicted molar refractivity (Wildman–Crippen MR) is 66.0 cm³/mol. The zero-order chi connectivity index (χ0) is 14.2. The molecule has 0 bridgehead atoms. The maximum atomic E-state index is 13.0. The van der Waals surface area contributed by atoms with Crippen molar-refractivity contribution < 1.29 is 17.3 Å². The average molecular weight is 305 g/mol. The van der Waals surface area contributed by atoms with Crippen LogP contribution in [0.4, 0.5) is 4.39 Å². The second-order valence-corrected chi connectivity index (χ2v) is 6.62. The summed E-state index contributed by atoms with van der Waals surface area (Å²) in [5.74, 6) is -0.353. The van der Waals surface area contributed by atoms with Crippen molar-refractivity contribution in [3.63, 3.8) is 0 Å². The van der Waals surface area contributed by atoms with Crippen LogP contribution in [0.2, 0.25) is 5.02 Å². The van der Waals surface area contributed by atoms with Gasteiger partial charge in [0.15, 0.2) is 15.7 Å². The van der Waals surface area contributed by atoms with Gasteiger partial charge in [-0.3, -0.25) is 0 Å². The van der Waals surface area contributed by atoms with Crippen LogP contribution in [-0.4, -0.2) is 18.6 Å². The monoisotopic (exact) mass is 304 g/mol. The van der Waals surface area contributed by atoms with Gasteiger partial charge >= 0.3 is 0 Å². The minimum Gasteiger partial charge on any atom is -0.338 e. The molecule has 2 rings (SSSR count). The predicted octanol–water partition coefficient (Wildman–Crippen LogP) is 2.71. The molecule has 1 aromatic carbocycles. The van der Waals surface area contributed by atoms with Gasteiger partial charge in [-0.05, 0) is 32.0 Å². The van der Waals surface area contributed by atoms with E-state index in [-0.39, 0.29) is 15.8 Å². The van der Waals surface area contributed by atoms with E-state index in [0.717, 1.165) is 18.2 Å². The van der Waals surface area contributed by atoms with E-state index >= 15 is 0 Å².